The van der Waals surface area contributed by atoms with E-state index in [-0.39, 0.29) is 5.97 Å². The van der Waals surface area contributed by atoms with Gasteiger partial charge in [-0.2, -0.15) is 11.8 Å². The molecule has 1 N–H and O–H groups in total. The first-order valence-electron chi connectivity index (χ1n) is 9.74. The minimum Gasteiger partial charge on any atom is -0.464 e. The second-order valence-electron chi connectivity index (χ2n) is 6.26. The third-order valence-electron chi connectivity index (χ3n) is 3.87. The first kappa shape index (κ1) is 24.1. The predicted molar refractivity (Wildman–Crippen MR) is 105 cm³/mol. The van der Waals surface area contributed by atoms with Gasteiger partial charge in [-0.05, 0) is 31.3 Å². The first-order valence-corrected chi connectivity index (χ1v) is 11.1. The van der Waals surface area contributed by atoms with Crippen LogP contribution in [0.25, 0.3) is 0 Å². The molecule has 0 saturated heterocycles. The lowest BCUT2D eigenvalue weighted by Gasteiger charge is -2.17. The van der Waals surface area contributed by atoms with E-state index in [1.54, 1.807) is 11.8 Å². The van der Waals surface area contributed by atoms with Crippen LogP contribution >= 0.6 is 11.8 Å². The second kappa shape index (κ2) is 17.9. The molecule has 0 fully saturated rings. The van der Waals surface area contributed by atoms with Crippen LogP contribution in [0.1, 0.15) is 78.1 Å². The minimum absolute atomic E-state index is 0.356. The van der Waals surface area contributed by atoms with Crippen LogP contribution in [0, 0.1) is 0 Å². The van der Waals surface area contributed by atoms with Crippen molar-refractivity contribution in [2.45, 2.75) is 84.1 Å². The average molecular weight is 376 g/mol. The molecule has 148 valence electrons. The Morgan fingerprint density at radius 1 is 0.880 bits per heavy atom. The van der Waals surface area contributed by atoms with Crippen LogP contribution in [0.3, 0.4) is 0 Å². The molecule has 0 rings (SSSR count). The molecule has 0 aromatic heterocycles. The molecule has 0 aromatic carbocycles. The topological polar surface area (TPSA) is 64.6 Å². The number of nitrogens with one attached hydrogen (secondary N) is 1. The van der Waals surface area contributed by atoms with Gasteiger partial charge in [0.25, 0.3) is 0 Å². The summed E-state index contributed by atoms with van der Waals surface area (Å²) in [4.78, 5) is 23.8. The van der Waals surface area contributed by atoms with Gasteiger partial charge in [-0.1, -0.05) is 58.8 Å². The van der Waals surface area contributed by atoms with Gasteiger partial charge in [0.2, 0.25) is 0 Å². The zero-order valence-corrected chi connectivity index (χ0v) is 17.1. The fourth-order valence-corrected chi connectivity index (χ4v) is 2.84. The lowest BCUT2D eigenvalue weighted by atomic mass is 10.1. The Balaban J connectivity index is 3.91. The number of unbranched alkanes of at least 4 members (excludes halogenated alkanes) is 7. The van der Waals surface area contributed by atoms with Crippen LogP contribution in [0.15, 0.2) is 0 Å². The highest BCUT2D eigenvalue weighted by molar-refractivity contribution is 7.98. The van der Waals surface area contributed by atoms with Crippen molar-refractivity contribution in [2.24, 2.45) is 0 Å². The van der Waals surface area contributed by atoms with Crippen molar-refractivity contribution < 1.29 is 19.1 Å². The molecule has 0 heterocycles. The Bertz CT molecular complexity index is 339. The van der Waals surface area contributed by atoms with Gasteiger partial charge in [0.05, 0.1) is 13.2 Å². The van der Waals surface area contributed by atoms with E-state index >= 15 is 0 Å². The van der Waals surface area contributed by atoms with Crippen LogP contribution in [0.2, 0.25) is 0 Å². The molecular weight excluding hydrogens is 338 g/mol. The van der Waals surface area contributed by atoms with Gasteiger partial charge in [0.1, 0.15) is 6.04 Å². The van der Waals surface area contributed by atoms with Crippen LogP contribution in [-0.2, 0) is 14.3 Å². The third kappa shape index (κ3) is 15.1. The summed E-state index contributed by atoms with van der Waals surface area (Å²) < 4.78 is 10.3. The number of rotatable bonds is 16. The molecule has 0 aliphatic rings. The maximum Gasteiger partial charge on any atom is 0.407 e. The highest BCUT2D eigenvalue weighted by atomic mass is 32.2. The maximum atomic E-state index is 12.2. The molecule has 1 amide bonds. The van der Waals surface area contributed by atoms with Crippen molar-refractivity contribution in [3.8, 4) is 0 Å². The monoisotopic (exact) mass is 375 g/mol. The third-order valence-corrected chi connectivity index (χ3v) is 4.51. The summed E-state index contributed by atoms with van der Waals surface area (Å²) in [6.07, 6.45) is 12.4. The van der Waals surface area contributed by atoms with Gasteiger partial charge in [0.15, 0.2) is 0 Å². The Hall–Kier alpha value is -0.910. The van der Waals surface area contributed by atoms with E-state index in [9.17, 15) is 9.59 Å². The van der Waals surface area contributed by atoms with Crippen LogP contribution < -0.4 is 5.32 Å². The summed E-state index contributed by atoms with van der Waals surface area (Å²) in [5.74, 6) is 0.427. The number of hydrogen-bond donors (Lipinski definition) is 1. The van der Waals surface area contributed by atoms with Crippen LogP contribution in [0.5, 0.6) is 0 Å². The van der Waals surface area contributed by atoms with Crippen LogP contribution in [0.4, 0.5) is 4.79 Å². The van der Waals surface area contributed by atoms with Crippen molar-refractivity contribution in [1.82, 2.24) is 5.32 Å². The Morgan fingerprint density at radius 2 is 1.52 bits per heavy atom. The number of carbonyl (C=O) groups excluding carboxylic acids is 2. The molecule has 5 nitrogen and oxygen atoms in total. The summed E-state index contributed by atoms with van der Waals surface area (Å²) in [6.45, 7) is 4.93. The number of alkyl carbamates (subject to hydrolysis) is 1. The molecule has 6 heteroatoms. The number of thioether (sulfide) groups is 1. The summed E-state index contributed by atoms with van der Waals surface area (Å²) in [6, 6.07) is -0.620. The Kier molecular flexibility index (Phi) is 17.2. The van der Waals surface area contributed by atoms with Gasteiger partial charge >= 0.3 is 12.1 Å². The van der Waals surface area contributed by atoms with E-state index in [0.717, 1.165) is 25.0 Å². The summed E-state index contributed by atoms with van der Waals surface area (Å²) >= 11 is 1.64. The molecule has 0 unspecified atom stereocenters. The molecule has 0 aliphatic carbocycles. The molecular formula is C19H37NO4S. The molecule has 0 aromatic rings. The van der Waals surface area contributed by atoms with E-state index in [0.29, 0.717) is 19.6 Å². The fraction of sp³-hybridized carbons (Fsp3) is 0.895. The smallest absolute Gasteiger partial charge is 0.407 e. The average Bonchev–Trinajstić information content (AvgIpc) is 2.61. The zero-order chi connectivity index (χ0) is 18.8. The minimum atomic E-state index is -0.620. The lowest BCUT2D eigenvalue weighted by Crippen LogP contribution is -2.42. The Labute approximate surface area is 158 Å². The summed E-state index contributed by atoms with van der Waals surface area (Å²) in [5.41, 5.74) is 0. The van der Waals surface area contributed by atoms with Crippen molar-refractivity contribution in [2.75, 3.05) is 25.2 Å². The van der Waals surface area contributed by atoms with Gasteiger partial charge in [0, 0.05) is 0 Å². The van der Waals surface area contributed by atoms with Gasteiger partial charge in [-0.25, -0.2) is 9.59 Å². The van der Waals surface area contributed by atoms with E-state index in [1.807, 2.05) is 13.2 Å². The van der Waals surface area contributed by atoms with Crippen molar-refractivity contribution in [3.63, 3.8) is 0 Å². The number of ether oxygens (including phenoxy) is 2. The molecule has 1 atom stereocenters. The molecule has 0 spiro atoms. The van der Waals surface area contributed by atoms with Gasteiger partial charge < -0.3 is 14.8 Å². The van der Waals surface area contributed by atoms with Gasteiger partial charge in [-0.15, -0.1) is 0 Å². The fourth-order valence-electron chi connectivity index (χ4n) is 2.37. The van der Waals surface area contributed by atoms with E-state index < -0.39 is 12.1 Å². The maximum absolute atomic E-state index is 12.2. The van der Waals surface area contributed by atoms with Crippen molar-refractivity contribution in [3.05, 3.63) is 0 Å². The molecule has 0 bridgehead atoms. The first-order chi connectivity index (χ1) is 12.2. The van der Waals surface area contributed by atoms with Crippen molar-refractivity contribution in [1.29, 1.82) is 0 Å². The van der Waals surface area contributed by atoms with Crippen molar-refractivity contribution >= 4 is 23.8 Å². The molecule has 0 radical (unpaired) electrons. The van der Waals surface area contributed by atoms with Crippen LogP contribution in [-0.4, -0.2) is 43.3 Å². The second-order valence-corrected chi connectivity index (χ2v) is 7.24. The lowest BCUT2D eigenvalue weighted by molar-refractivity contribution is -0.146. The quantitative estimate of drug-likeness (QED) is 0.306. The zero-order valence-electron chi connectivity index (χ0n) is 16.3. The van der Waals surface area contributed by atoms with E-state index in [2.05, 4.69) is 12.2 Å². The molecule has 0 aliphatic heterocycles. The highest BCUT2D eigenvalue weighted by Gasteiger charge is 2.22. The van der Waals surface area contributed by atoms with Gasteiger partial charge in [-0.3, -0.25) is 0 Å². The normalized spacial score (nSPS) is 11.8. The number of hydrogen-bond acceptors (Lipinski definition) is 5. The highest BCUT2D eigenvalue weighted by Crippen LogP contribution is 2.09. The van der Waals surface area contributed by atoms with E-state index in [1.165, 1.54) is 38.5 Å². The standard InChI is InChI=1S/C19H37NO4S/c1-4-6-7-8-9-10-11-12-15-23-18(21)17(13-16-25-3)20-19(22)24-14-5-2/h17H,4-16H2,1-3H3,(H,20,22)/t17-/m0/s1. The largest absolute Gasteiger partial charge is 0.464 e. The number of esters is 1. The van der Waals surface area contributed by atoms with E-state index in [4.69, 9.17) is 9.47 Å². The molecule has 25 heavy (non-hydrogen) atoms. The number of amides is 1. The predicted octanol–water partition coefficient (Wildman–Crippen LogP) is 4.93. The Morgan fingerprint density at radius 3 is 2.12 bits per heavy atom. The summed E-state index contributed by atoms with van der Waals surface area (Å²) in [5, 5.41) is 2.62. The summed E-state index contributed by atoms with van der Waals surface area (Å²) in [7, 11) is 0. The number of carbonyl (C=O) groups is 2. The SMILES string of the molecule is CCCCCCCCCCOC(=O)[C@H](CCSC)NC(=O)OCCC. The molecule has 0 saturated carbocycles.